The Bertz CT molecular complexity index is 1020. The monoisotopic (exact) mass is 390 g/mol. The van der Waals surface area contributed by atoms with Gasteiger partial charge >= 0.3 is 0 Å². The van der Waals surface area contributed by atoms with Crippen LogP contribution in [0, 0.1) is 0 Å². The molecule has 0 aliphatic carbocycles. The predicted octanol–water partition coefficient (Wildman–Crippen LogP) is 3.44. The first-order chi connectivity index (χ1) is 14.2. The van der Waals surface area contributed by atoms with Crippen LogP contribution in [0.5, 0.6) is 11.5 Å². The number of aromatic nitrogens is 2. The summed E-state index contributed by atoms with van der Waals surface area (Å²) in [6.45, 7) is 1.12. The zero-order valence-electron chi connectivity index (χ0n) is 16.4. The second-order valence-electron chi connectivity index (χ2n) is 6.73. The van der Waals surface area contributed by atoms with E-state index >= 15 is 0 Å². The molecule has 0 unspecified atom stereocenters. The van der Waals surface area contributed by atoms with Gasteiger partial charge in [0.1, 0.15) is 17.8 Å². The Labute approximate surface area is 169 Å². The second kappa shape index (κ2) is 8.18. The van der Waals surface area contributed by atoms with Gasteiger partial charge in [-0.05, 0) is 41.8 Å². The van der Waals surface area contributed by atoms with Crippen LogP contribution in [-0.2, 0) is 13.0 Å². The molecule has 2 aromatic carbocycles. The van der Waals surface area contributed by atoms with Crippen LogP contribution in [0.25, 0.3) is 0 Å². The van der Waals surface area contributed by atoms with Crippen LogP contribution in [0.4, 0.5) is 11.5 Å². The Balaban J connectivity index is 1.53. The molecule has 0 radical (unpaired) electrons. The number of rotatable bonds is 5. The lowest BCUT2D eigenvalue weighted by molar-refractivity contribution is 0.0728. The van der Waals surface area contributed by atoms with Crippen LogP contribution < -0.4 is 14.8 Å². The number of ether oxygens (including phenoxy) is 2. The van der Waals surface area contributed by atoms with E-state index in [4.69, 9.17) is 9.47 Å². The smallest absolute Gasteiger partial charge is 0.272 e. The zero-order valence-corrected chi connectivity index (χ0v) is 16.4. The minimum Gasteiger partial charge on any atom is -0.493 e. The number of hydrogen-bond donors (Lipinski definition) is 1. The molecular formula is C22H22N4O3. The number of para-hydroxylation sites is 1. The van der Waals surface area contributed by atoms with Crippen molar-refractivity contribution >= 4 is 17.4 Å². The quantitative estimate of drug-likeness (QED) is 0.719. The van der Waals surface area contributed by atoms with Crippen LogP contribution in [0.3, 0.4) is 0 Å². The highest BCUT2D eigenvalue weighted by atomic mass is 16.5. The molecule has 0 saturated heterocycles. The van der Waals surface area contributed by atoms with Crippen molar-refractivity contribution in [1.29, 1.82) is 0 Å². The van der Waals surface area contributed by atoms with E-state index in [1.165, 1.54) is 11.9 Å². The third-order valence-electron chi connectivity index (χ3n) is 4.94. The van der Waals surface area contributed by atoms with Gasteiger partial charge in [0.2, 0.25) is 0 Å². The van der Waals surface area contributed by atoms with E-state index in [9.17, 15) is 4.79 Å². The van der Waals surface area contributed by atoms with Crippen LogP contribution in [-0.4, -0.2) is 41.5 Å². The van der Waals surface area contributed by atoms with Gasteiger partial charge in [-0.15, -0.1) is 0 Å². The minimum absolute atomic E-state index is 0.121. The molecule has 1 amide bonds. The summed E-state index contributed by atoms with van der Waals surface area (Å²) in [7, 11) is 3.23. The van der Waals surface area contributed by atoms with Crippen LogP contribution in [0.1, 0.15) is 21.6 Å². The van der Waals surface area contributed by atoms with Gasteiger partial charge in [0.15, 0.2) is 11.5 Å². The number of nitrogens with one attached hydrogen (secondary N) is 1. The summed E-state index contributed by atoms with van der Waals surface area (Å²) < 4.78 is 10.8. The standard InChI is InChI=1S/C22H22N4O3/c1-28-19-10-15-8-9-26(13-16(15)11-20(19)29-2)22(27)18-12-21(24-14-23-18)25-17-6-4-3-5-7-17/h3-7,10-12,14H,8-9,13H2,1-2H3,(H,23,24,25). The topological polar surface area (TPSA) is 76.6 Å². The molecule has 3 aromatic rings. The number of carbonyl (C=O) groups is 1. The summed E-state index contributed by atoms with van der Waals surface area (Å²) in [5.41, 5.74) is 3.49. The number of fused-ring (bicyclic) bond motifs is 1. The number of benzene rings is 2. The lowest BCUT2D eigenvalue weighted by Gasteiger charge is -2.29. The fraction of sp³-hybridized carbons (Fsp3) is 0.227. The van der Waals surface area contributed by atoms with E-state index in [0.717, 1.165) is 17.7 Å². The number of hydrogen-bond acceptors (Lipinski definition) is 6. The largest absolute Gasteiger partial charge is 0.493 e. The van der Waals surface area contributed by atoms with E-state index in [1.807, 2.05) is 42.5 Å². The number of nitrogens with zero attached hydrogens (tertiary/aromatic N) is 3. The molecule has 1 N–H and O–H groups in total. The van der Waals surface area contributed by atoms with Gasteiger partial charge < -0.3 is 19.7 Å². The Morgan fingerprint density at radius 2 is 1.72 bits per heavy atom. The van der Waals surface area contributed by atoms with Gasteiger partial charge in [0.25, 0.3) is 5.91 Å². The van der Waals surface area contributed by atoms with E-state index in [-0.39, 0.29) is 5.91 Å². The minimum atomic E-state index is -0.121. The maximum atomic E-state index is 13.0. The normalized spacial score (nSPS) is 12.8. The van der Waals surface area contributed by atoms with E-state index in [1.54, 1.807) is 25.2 Å². The van der Waals surface area contributed by atoms with Crippen molar-refractivity contribution in [3.63, 3.8) is 0 Å². The average Bonchev–Trinajstić information content (AvgIpc) is 2.78. The molecule has 0 saturated carbocycles. The van der Waals surface area contributed by atoms with Crippen molar-refractivity contribution in [3.8, 4) is 11.5 Å². The lowest BCUT2D eigenvalue weighted by Crippen LogP contribution is -2.36. The van der Waals surface area contributed by atoms with Crippen molar-refractivity contribution < 1.29 is 14.3 Å². The summed E-state index contributed by atoms with van der Waals surface area (Å²) in [6.07, 6.45) is 2.16. The molecule has 0 fully saturated rings. The fourth-order valence-electron chi connectivity index (χ4n) is 3.43. The molecule has 4 rings (SSSR count). The van der Waals surface area contributed by atoms with Crippen LogP contribution >= 0.6 is 0 Å². The Morgan fingerprint density at radius 3 is 2.45 bits per heavy atom. The molecule has 7 nitrogen and oxygen atoms in total. The molecule has 1 aliphatic rings. The molecule has 7 heteroatoms. The summed E-state index contributed by atoms with van der Waals surface area (Å²) in [5.74, 6) is 1.83. The van der Waals surface area contributed by atoms with Crippen molar-refractivity contribution in [1.82, 2.24) is 14.9 Å². The van der Waals surface area contributed by atoms with Crippen molar-refractivity contribution in [2.45, 2.75) is 13.0 Å². The first kappa shape index (κ1) is 18.7. The summed E-state index contributed by atoms with van der Waals surface area (Å²) in [4.78, 5) is 23.2. The molecule has 1 aromatic heterocycles. The second-order valence-corrected chi connectivity index (χ2v) is 6.73. The lowest BCUT2D eigenvalue weighted by atomic mass is 9.98. The van der Waals surface area contributed by atoms with Gasteiger partial charge in [0, 0.05) is 24.8 Å². The highest BCUT2D eigenvalue weighted by molar-refractivity contribution is 5.93. The number of carbonyl (C=O) groups excluding carboxylic acids is 1. The first-order valence-electron chi connectivity index (χ1n) is 9.35. The summed E-state index contributed by atoms with van der Waals surface area (Å²) in [5, 5.41) is 3.19. The molecule has 0 atom stereocenters. The van der Waals surface area contributed by atoms with Crippen molar-refractivity contribution in [3.05, 3.63) is 71.7 Å². The molecule has 29 heavy (non-hydrogen) atoms. The number of methoxy groups -OCH3 is 2. The number of amides is 1. The maximum Gasteiger partial charge on any atom is 0.272 e. The van der Waals surface area contributed by atoms with Crippen LogP contribution in [0.15, 0.2) is 54.9 Å². The number of anilines is 2. The fourth-order valence-corrected chi connectivity index (χ4v) is 3.43. The molecule has 2 heterocycles. The van der Waals surface area contributed by atoms with Gasteiger partial charge in [-0.3, -0.25) is 4.79 Å². The van der Waals surface area contributed by atoms with Gasteiger partial charge in [-0.2, -0.15) is 0 Å². The zero-order chi connectivity index (χ0) is 20.2. The molecular weight excluding hydrogens is 368 g/mol. The van der Waals surface area contributed by atoms with Gasteiger partial charge in [0.05, 0.1) is 14.2 Å². The van der Waals surface area contributed by atoms with Crippen LogP contribution in [0.2, 0.25) is 0 Å². The highest BCUT2D eigenvalue weighted by Crippen LogP contribution is 2.33. The Hall–Kier alpha value is -3.61. The van der Waals surface area contributed by atoms with E-state index in [2.05, 4.69) is 15.3 Å². The molecule has 1 aliphatic heterocycles. The third kappa shape index (κ3) is 3.99. The first-order valence-corrected chi connectivity index (χ1v) is 9.35. The summed E-state index contributed by atoms with van der Waals surface area (Å²) >= 11 is 0. The Kier molecular flexibility index (Phi) is 5.29. The SMILES string of the molecule is COc1cc2c(cc1OC)CN(C(=O)c1cc(Nc3ccccc3)ncn1)CC2. The van der Waals surface area contributed by atoms with Crippen molar-refractivity contribution in [2.24, 2.45) is 0 Å². The van der Waals surface area contributed by atoms with E-state index in [0.29, 0.717) is 36.1 Å². The van der Waals surface area contributed by atoms with Gasteiger partial charge in [-0.25, -0.2) is 9.97 Å². The molecule has 0 spiro atoms. The van der Waals surface area contributed by atoms with Crippen molar-refractivity contribution in [2.75, 3.05) is 26.1 Å². The maximum absolute atomic E-state index is 13.0. The average molecular weight is 390 g/mol. The molecule has 0 bridgehead atoms. The summed E-state index contributed by atoms with van der Waals surface area (Å²) in [6, 6.07) is 15.3. The highest BCUT2D eigenvalue weighted by Gasteiger charge is 2.24. The predicted molar refractivity (Wildman–Crippen MR) is 110 cm³/mol. The Morgan fingerprint density at radius 1 is 1.00 bits per heavy atom. The third-order valence-corrected chi connectivity index (χ3v) is 4.94. The van der Waals surface area contributed by atoms with E-state index < -0.39 is 0 Å². The molecule has 148 valence electrons. The van der Waals surface area contributed by atoms with Gasteiger partial charge in [-0.1, -0.05) is 18.2 Å².